The van der Waals surface area contributed by atoms with Crippen molar-refractivity contribution in [3.8, 4) is 5.75 Å². The number of ether oxygens (including phenoxy) is 2. The van der Waals surface area contributed by atoms with E-state index in [4.69, 9.17) is 9.84 Å². The van der Waals surface area contributed by atoms with Crippen LogP contribution in [0.1, 0.15) is 17.3 Å². The molecule has 1 aromatic carbocycles. The molecule has 0 saturated heterocycles. The summed E-state index contributed by atoms with van der Waals surface area (Å²) in [5, 5.41) is 8.68. The largest absolute Gasteiger partial charge is 0.482 e. The van der Waals surface area contributed by atoms with Gasteiger partial charge in [-0.05, 0) is 19.1 Å². The zero-order valence-electron chi connectivity index (χ0n) is 9.10. The second kappa shape index (κ2) is 5.83. The van der Waals surface area contributed by atoms with Gasteiger partial charge < -0.3 is 14.6 Å². The van der Waals surface area contributed by atoms with E-state index in [1.165, 1.54) is 0 Å². The number of carboxylic acids is 1. The molecule has 0 aliphatic heterocycles. The molecule has 1 rings (SSSR count). The first-order chi connectivity index (χ1) is 8.02. The van der Waals surface area contributed by atoms with Crippen molar-refractivity contribution in [1.82, 2.24) is 0 Å². The Bertz CT molecular complexity index is 430. The predicted molar refractivity (Wildman–Crippen MR) is 55.5 cm³/mol. The van der Waals surface area contributed by atoms with Gasteiger partial charge in [-0.15, -0.1) is 0 Å². The topological polar surface area (TPSA) is 72.8 Å². The molecule has 0 spiro atoms. The van der Waals surface area contributed by atoms with E-state index in [2.05, 4.69) is 4.74 Å². The molecule has 0 saturated carbocycles. The van der Waals surface area contributed by atoms with Gasteiger partial charge in [-0.3, -0.25) is 0 Å². The molecule has 92 valence electrons. The van der Waals surface area contributed by atoms with Gasteiger partial charge in [-0.1, -0.05) is 0 Å². The molecule has 0 aliphatic carbocycles. The lowest BCUT2D eigenvalue weighted by atomic mass is 10.2. The zero-order valence-corrected chi connectivity index (χ0v) is 9.10. The Hall–Kier alpha value is -2.11. The van der Waals surface area contributed by atoms with Crippen molar-refractivity contribution in [2.75, 3.05) is 13.2 Å². The van der Waals surface area contributed by atoms with E-state index in [1.54, 1.807) is 6.92 Å². The highest BCUT2D eigenvalue weighted by molar-refractivity contribution is 5.88. The van der Waals surface area contributed by atoms with E-state index < -0.39 is 24.4 Å². The number of halogens is 1. The highest BCUT2D eigenvalue weighted by atomic mass is 19.1. The number of esters is 1. The summed E-state index contributed by atoms with van der Waals surface area (Å²) in [5.41, 5.74) is -0.246. The van der Waals surface area contributed by atoms with Gasteiger partial charge in [0.2, 0.25) is 0 Å². The highest BCUT2D eigenvalue weighted by Gasteiger charge is 2.09. The average molecular weight is 242 g/mol. The van der Waals surface area contributed by atoms with Crippen LogP contribution in [0.5, 0.6) is 5.75 Å². The van der Waals surface area contributed by atoms with Gasteiger partial charge in [0, 0.05) is 6.07 Å². The Balaban J connectivity index is 2.71. The summed E-state index contributed by atoms with van der Waals surface area (Å²) in [7, 11) is 0. The molecule has 0 aliphatic rings. The number of carbonyl (C=O) groups excluding carboxylic acids is 1. The van der Waals surface area contributed by atoms with Crippen LogP contribution in [-0.4, -0.2) is 30.3 Å². The van der Waals surface area contributed by atoms with Gasteiger partial charge in [0.25, 0.3) is 0 Å². The fourth-order valence-electron chi connectivity index (χ4n) is 1.11. The Morgan fingerprint density at radius 2 is 2.06 bits per heavy atom. The molecule has 0 bridgehead atoms. The van der Waals surface area contributed by atoms with Crippen molar-refractivity contribution >= 4 is 11.9 Å². The number of carbonyl (C=O) groups is 2. The van der Waals surface area contributed by atoms with Crippen molar-refractivity contribution < 1.29 is 28.6 Å². The molecule has 0 unspecified atom stereocenters. The maximum Gasteiger partial charge on any atom is 0.344 e. The minimum atomic E-state index is -1.27. The van der Waals surface area contributed by atoms with Crippen LogP contribution in [0.25, 0.3) is 0 Å². The average Bonchev–Trinajstić information content (AvgIpc) is 2.26. The van der Waals surface area contributed by atoms with E-state index in [1.807, 2.05) is 0 Å². The van der Waals surface area contributed by atoms with E-state index in [0.29, 0.717) is 0 Å². The van der Waals surface area contributed by atoms with Crippen molar-refractivity contribution in [1.29, 1.82) is 0 Å². The summed E-state index contributed by atoms with van der Waals surface area (Å²) in [5.74, 6) is -2.65. The Morgan fingerprint density at radius 3 is 2.65 bits per heavy atom. The number of carboxylic acid groups (broad SMARTS) is 1. The van der Waals surface area contributed by atoms with Crippen molar-refractivity contribution in [2.24, 2.45) is 0 Å². The van der Waals surface area contributed by atoms with Gasteiger partial charge in [0.05, 0.1) is 12.2 Å². The molecule has 0 atom stereocenters. The highest BCUT2D eigenvalue weighted by Crippen LogP contribution is 2.16. The maximum atomic E-state index is 13.0. The van der Waals surface area contributed by atoms with Crippen LogP contribution >= 0.6 is 0 Å². The van der Waals surface area contributed by atoms with Crippen LogP contribution in [-0.2, 0) is 9.53 Å². The Kier molecular flexibility index (Phi) is 4.45. The molecule has 1 N–H and O–H groups in total. The monoisotopic (exact) mass is 242 g/mol. The molecule has 0 fully saturated rings. The van der Waals surface area contributed by atoms with Gasteiger partial charge in [0.15, 0.2) is 6.61 Å². The Labute approximate surface area is 96.8 Å². The SMILES string of the molecule is CCOC(=O)COc1cc(F)cc(C(=O)O)c1. The molecule has 0 aromatic heterocycles. The molecule has 0 heterocycles. The minimum absolute atomic E-state index is 0.0320. The molecular formula is C11H11FO5. The predicted octanol–water partition coefficient (Wildman–Crippen LogP) is 1.47. The van der Waals surface area contributed by atoms with E-state index in [0.717, 1.165) is 18.2 Å². The second-order valence-corrected chi connectivity index (χ2v) is 3.07. The molecule has 17 heavy (non-hydrogen) atoms. The summed E-state index contributed by atoms with van der Waals surface area (Å²) >= 11 is 0. The lowest BCUT2D eigenvalue weighted by molar-refractivity contribution is -0.145. The standard InChI is InChI=1S/C11H11FO5/c1-2-16-10(13)6-17-9-4-7(11(14)15)3-8(12)5-9/h3-5H,2,6H2,1H3,(H,14,15). The molecule has 5 nitrogen and oxygen atoms in total. The first-order valence-electron chi connectivity index (χ1n) is 4.85. The second-order valence-electron chi connectivity index (χ2n) is 3.07. The summed E-state index contributed by atoms with van der Waals surface area (Å²) in [6.45, 7) is 1.46. The molecule has 0 radical (unpaired) electrons. The molecule has 6 heteroatoms. The maximum absolute atomic E-state index is 13.0. The van der Waals surface area contributed by atoms with Crippen molar-refractivity contribution in [3.05, 3.63) is 29.6 Å². The summed E-state index contributed by atoms with van der Waals surface area (Å²) < 4.78 is 22.5. The van der Waals surface area contributed by atoms with Crippen LogP contribution in [0.4, 0.5) is 4.39 Å². The van der Waals surface area contributed by atoms with Gasteiger partial charge >= 0.3 is 11.9 Å². The summed E-state index contributed by atoms with van der Waals surface area (Å²) in [6, 6.07) is 2.98. The fraction of sp³-hybridized carbons (Fsp3) is 0.273. The third kappa shape index (κ3) is 4.10. The van der Waals surface area contributed by atoms with Crippen LogP contribution in [0.2, 0.25) is 0 Å². The molecule has 1 aromatic rings. The third-order valence-corrected chi connectivity index (χ3v) is 1.78. The normalized spacial score (nSPS) is 9.76. The van der Waals surface area contributed by atoms with Crippen LogP contribution < -0.4 is 4.74 Å². The van der Waals surface area contributed by atoms with E-state index in [9.17, 15) is 14.0 Å². The third-order valence-electron chi connectivity index (χ3n) is 1.78. The van der Waals surface area contributed by atoms with E-state index >= 15 is 0 Å². The van der Waals surface area contributed by atoms with Crippen molar-refractivity contribution in [2.45, 2.75) is 6.92 Å². The first-order valence-corrected chi connectivity index (χ1v) is 4.85. The summed E-state index contributed by atoms with van der Waals surface area (Å²) in [4.78, 5) is 21.6. The lowest BCUT2D eigenvalue weighted by Gasteiger charge is -2.06. The Morgan fingerprint density at radius 1 is 1.35 bits per heavy atom. The zero-order chi connectivity index (χ0) is 12.8. The number of hydrogen-bond acceptors (Lipinski definition) is 4. The first kappa shape index (κ1) is 13.0. The van der Waals surface area contributed by atoms with Crippen LogP contribution in [0, 0.1) is 5.82 Å². The fourth-order valence-corrected chi connectivity index (χ4v) is 1.11. The number of aromatic carboxylic acids is 1. The van der Waals surface area contributed by atoms with Crippen LogP contribution in [0.3, 0.4) is 0 Å². The van der Waals surface area contributed by atoms with E-state index in [-0.39, 0.29) is 17.9 Å². The quantitative estimate of drug-likeness (QED) is 0.791. The van der Waals surface area contributed by atoms with Crippen molar-refractivity contribution in [3.63, 3.8) is 0 Å². The number of rotatable bonds is 5. The van der Waals surface area contributed by atoms with Gasteiger partial charge in [0.1, 0.15) is 11.6 Å². The van der Waals surface area contributed by atoms with Gasteiger partial charge in [-0.2, -0.15) is 0 Å². The lowest BCUT2D eigenvalue weighted by Crippen LogP contribution is -2.14. The smallest absolute Gasteiger partial charge is 0.344 e. The minimum Gasteiger partial charge on any atom is -0.482 e. The summed E-state index contributed by atoms with van der Waals surface area (Å²) in [6.07, 6.45) is 0. The molecular weight excluding hydrogens is 231 g/mol. The van der Waals surface area contributed by atoms with Gasteiger partial charge in [-0.25, -0.2) is 14.0 Å². The van der Waals surface area contributed by atoms with Crippen LogP contribution in [0.15, 0.2) is 18.2 Å². The number of hydrogen-bond donors (Lipinski definition) is 1. The molecule has 0 amide bonds. The number of benzene rings is 1.